The van der Waals surface area contributed by atoms with Crippen LogP contribution in [0.5, 0.6) is 0 Å². The molecule has 2 aromatic carbocycles. The van der Waals surface area contributed by atoms with Gasteiger partial charge < -0.3 is 15.5 Å². The Morgan fingerprint density at radius 1 is 1.03 bits per heavy atom. The smallest absolute Gasteiger partial charge is 0.251 e. The molecule has 0 atom stereocenters. The highest BCUT2D eigenvalue weighted by Gasteiger charge is 2.30. The molecule has 6 nitrogen and oxygen atoms in total. The predicted octanol–water partition coefficient (Wildman–Crippen LogP) is 4.85. The van der Waals surface area contributed by atoms with Gasteiger partial charge in [0.25, 0.3) is 5.91 Å². The van der Waals surface area contributed by atoms with E-state index in [9.17, 15) is 9.59 Å². The Kier molecular flexibility index (Phi) is 7.50. The van der Waals surface area contributed by atoms with E-state index in [0.717, 1.165) is 48.8 Å². The zero-order valence-electron chi connectivity index (χ0n) is 20.1. The van der Waals surface area contributed by atoms with E-state index in [1.807, 2.05) is 30.3 Å². The number of likely N-dealkylation sites (tertiary alicyclic amines) is 1. The van der Waals surface area contributed by atoms with Gasteiger partial charge in [-0.05, 0) is 75.2 Å². The molecule has 5 rings (SSSR count). The first-order chi connectivity index (χ1) is 17.6. The van der Waals surface area contributed by atoms with Gasteiger partial charge in [-0.15, -0.1) is 0 Å². The van der Waals surface area contributed by atoms with Gasteiger partial charge in [-0.3, -0.25) is 9.59 Å². The van der Waals surface area contributed by atoms with Crippen molar-refractivity contribution < 1.29 is 9.59 Å². The number of nitrogens with one attached hydrogen (secondary N) is 2. The van der Waals surface area contributed by atoms with Crippen LogP contribution in [0.4, 0.5) is 5.82 Å². The molecular formula is C29H29ClN4O2. The van der Waals surface area contributed by atoms with E-state index in [4.69, 9.17) is 11.6 Å². The number of nitrogens with zero attached hydrogens (tertiary/aromatic N) is 2. The van der Waals surface area contributed by atoms with E-state index in [-0.39, 0.29) is 17.7 Å². The van der Waals surface area contributed by atoms with E-state index < -0.39 is 0 Å². The number of carbonyl (C=O) groups excluding carboxylic acids is 2. The van der Waals surface area contributed by atoms with Gasteiger partial charge in [0.05, 0.1) is 5.56 Å². The lowest BCUT2D eigenvalue weighted by atomic mass is 10.1. The summed E-state index contributed by atoms with van der Waals surface area (Å²) in [5.74, 6) is 6.75. The summed E-state index contributed by atoms with van der Waals surface area (Å²) in [5.41, 5.74) is 2.00. The maximum absolute atomic E-state index is 12.5. The fourth-order valence-corrected chi connectivity index (χ4v) is 4.59. The first kappa shape index (κ1) is 24.3. The lowest BCUT2D eigenvalue weighted by Gasteiger charge is -2.26. The predicted molar refractivity (Wildman–Crippen MR) is 143 cm³/mol. The van der Waals surface area contributed by atoms with Crippen molar-refractivity contribution in [1.82, 2.24) is 15.2 Å². The normalized spacial score (nSPS) is 15.7. The first-order valence-electron chi connectivity index (χ1n) is 12.6. The van der Waals surface area contributed by atoms with Crippen LogP contribution >= 0.6 is 11.6 Å². The van der Waals surface area contributed by atoms with Crippen molar-refractivity contribution in [2.75, 3.05) is 31.5 Å². The molecule has 0 spiro atoms. The van der Waals surface area contributed by atoms with Gasteiger partial charge in [-0.1, -0.05) is 35.9 Å². The molecule has 0 radical (unpaired) electrons. The quantitative estimate of drug-likeness (QED) is 0.474. The lowest BCUT2D eigenvalue weighted by molar-refractivity contribution is -0.117. The van der Waals surface area contributed by atoms with Crippen LogP contribution in [0.3, 0.4) is 0 Å². The monoisotopic (exact) mass is 500 g/mol. The number of pyridine rings is 1. The standard InChI is InChI=1S/C29H29ClN4O2/c30-24-12-11-23-19-32-27(33-29(36)22-9-10-22)25(26(23)18-24)13-6-20-4-7-21(8-5-20)28(35)31-14-17-34-15-2-1-3-16-34/h4-5,7-8,11-12,18-19,22H,1-3,9-10,14-17H2,(H,31,35)(H,32,33,36). The Bertz CT molecular complexity index is 1330. The molecule has 0 unspecified atom stereocenters. The van der Waals surface area contributed by atoms with E-state index in [1.54, 1.807) is 18.3 Å². The average Bonchev–Trinajstić information content (AvgIpc) is 3.75. The molecule has 0 bridgehead atoms. The summed E-state index contributed by atoms with van der Waals surface area (Å²) in [6.07, 6.45) is 7.32. The van der Waals surface area contributed by atoms with Crippen LogP contribution in [0.1, 0.15) is 53.6 Å². The van der Waals surface area contributed by atoms with Gasteiger partial charge in [0.1, 0.15) is 5.82 Å². The van der Waals surface area contributed by atoms with Crippen molar-refractivity contribution in [3.05, 3.63) is 70.4 Å². The minimum atomic E-state index is -0.0792. The summed E-state index contributed by atoms with van der Waals surface area (Å²) in [5, 5.41) is 8.26. The average molecular weight is 501 g/mol. The maximum Gasteiger partial charge on any atom is 0.251 e. The lowest BCUT2D eigenvalue weighted by Crippen LogP contribution is -2.37. The molecule has 2 heterocycles. The summed E-state index contributed by atoms with van der Waals surface area (Å²) < 4.78 is 0. The molecule has 3 aromatic rings. The number of aromatic nitrogens is 1. The molecule has 36 heavy (non-hydrogen) atoms. The largest absolute Gasteiger partial charge is 0.351 e. The molecule has 1 saturated carbocycles. The Balaban J connectivity index is 1.31. The number of hydrogen-bond donors (Lipinski definition) is 2. The van der Waals surface area contributed by atoms with Crippen LogP contribution in [-0.2, 0) is 4.79 Å². The molecule has 1 aromatic heterocycles. The van der Waals surface area contributed by atoms with Crippen molar-refractivity contribution >= 4 is 40.0 Å². The zero-order valence-corrected chi connectivity index (χ0v) is 20.9. The number of halogens is 1. The summed E-state index contributed by atoms with van der Waals surface area (Å²) in [4.78, 5) is 31.8. The second-order valence-corrected chi connectivity index (χ2v) is 9.90. The van der Waals surface area contributed by atoms with Gasteiger partial charge in [0.15, 0.2) is 0 Å². The fourth-order valence-electron chi connectivity index (χ4n) is 4.42. The van der Waals surface area contributed by atoms with E-state index in [0.29, 0.717) is 28.5 Å². The Hall–Kier alpha value is -3.40. The van der Waals surface area contributed by atoms with Crippen LogP contribution in [0.15, 0.2) is 48.7 Å². The molecule has 1 aliphatic heterocycles. The second kappa shape index (κ2) is 11.1. The van der Waals surface area contributed by atoms with Crippen molar-refractivity contribution in [2.24, 2.45) is 5.92 Å². The number of amides is 2. The molecule has 1 saturated heterocycles. The maximum atomic E-state index is 12.5. The number of piperidine rings is 1. The molecule has 2 N–H and O–H groups in total. The van der Waals surface area contributed by atoms with E-state index >= 15 is 0 Å². The third kappa shape index (κ3) is 6.04. The summed E-state index contributed by atoms with van der Waals surface area (Å²) >= 11 is 6.26. The number of fused-ring (bicyclic) bond motifs is 1. The summed E-state index contributed by atoms with van der Waals surface area (Å²) in [6, 6.07) is 12.8. The van der Waals surface area contributed by atoms with Gasteiger partial charge in [0.2, 0.25) is 5.91 Å². The van der Waals surface area contributed by atoms with Crippen LogP contribution < -0.4 is 10.6 Å². The number of benzene rings is 2. The molecule has 184 valence electrons. The molecule has 7 heteroatoms. The van der Waals surface area contributed by atoms with E-state index in [2.05, 4.69) is 32.4 Å². The Morgan fingerprint density at radius 3 is 2.56 bits per heavy atom. The van der Waals surface area contributed by atoms with Crippen molar-refractivity contribution in [3.8, 4) is 11.8 Å². The van der Waals surface area contributed by atoms with Crippen LogP contribution in [0.2, 0.25) is 5.02 Å². The van der Waals surface area contributed by atoms with Crippen molar-refractivity contribution in [1.29, 1.82) is 0 Å². The summed E-state index contributed by atoms with van der Waals surface area (Å²) in [7, 11) is 0. The van der Waals surface area contributed by atoms with Crippen molar-refractivity contribution in [3.63, 3.8) is 0 Å². The van der Waals surface area contributed by atoms with Gasteiger partial charge in [-0.2, -0.15) is 0 Å². The third-order valence-corrected chi connectivity index (χ3v) is 6.92. The summed E-state index contributed by atoms with van der Waals surface area (Å²) in [6.45, 7) is 3.77. The van der Waals surface area contributed by atoms with Crippen molar-refractivity contribution in [2.45, 2.75) is 32.1 Å². The molecular weight excluding hydrogens is 472 g/mol. The molecule has 2 aliphatic rings. The highest BCUT2D eigenvalue weighted by atomic mass is 35.5. The molecule has 2 amide bonds. The van der Waals surface area contributed by atoms with Crippen LogP contribution in [0.25, 0.3) is 10.8 Å². The number of hydrogen-bond acceptors (Lipinski definition) is 4. The van der Waals surface area contributed by atoms with Gasteiger partial charge >= 0.3 is 0 Å². The second-order valence-electron chi connectivity index (χ2n) is 9.46. The van der Waals surface area contributed by atoms with Crippen LogP contribution in [0, 0.1) is 17.8 Å². The molecule has 1 aliphatic carbocycles. The highest BCUT2D eigenvalue weighted by Crippen LogP contribution is 2.32. The minimum absolute atomic E-state index is 0.0254. The minimum Gasteiger partial charge on any atom is -0.351 e. The number of carbonyl (C=O) groups is 2. The van der Waals surface area contributed by atoms with E-state index in [1.165, 1.54) is 19.3 Å². The Morgan fingerprint density at radius 2 is 1.81 bits per heavy atom. The molecule has 2 fully saturated rings. The van der Waals surface area contributed by atoms with Gasteiger partial charge in [0, 0.05) is 52.1 Å². The van der Waals surface area contributed by atoms with Gasteiger partial charge in [-0.25, -0.2) is 4.98 Å². The SMILES string of the molecule is O=C(NCCN1CCCCC1)c1ccc(C#Cc2c(NC(=O)C3CC3)ncc3ccc(Cl)cc23)cc1. The Labute approximate surface area is 216 Å². The number of anilines is 1. The third-order valence-electron chi connectivity index (χ3n) is 6.69. The fraction of sp³-hybridized carbons (Fsp3) is 0.345. The first-order valence-corrected chi connectivity index (χ1v) is 13.0. The number of rotatable bonds is 6. The van der Waals surface area contributed by atoms with Crippen LogP contribution in [-0.4, -0.2) is 47.9 Å². The topological polar surface area (TPSA) is 74.3 Å². The highest BCUT2D eigenvalue weighted by molar-refractivity contribution is 6.31. The zero-order chi connectivity index (χ0) is 24.9.